The molecule has 0 radical (unpaired) electrons. The number of halogens is 1. The summed E-state index contributed by atoms with van der Waals surface area (Å²) in [5.41, 5.74) is 3.23. The van der Waals surface area contributed by atoms with Gasteiger partial charge in [0.15, 0.2) is 0 Å². The monoisotopic (exact) mass is 474 g/mol. The molecule has 0 saturated carbocycles. The van der Waals surface area contributed by atoms with Crippen molar-refractivity contribution in [3.05, 3.63) is 87.7 Å². The van der Waals surface area contributed by atoms with Gasteiger partial charge in [-0.25, -0.2) is 4.68 Å². The third kappa shape index (κ3) is 4.16. The Morgan fingerprint density at radius 2 is 1.71 bits per heavy atom. The molecule has 0 atom stereocenters. The zero-order valence-corrected chi connectivity index (χ0v) is 19.4. The lowest BCUT2D eigenvalue weighted by atomic mass is 10.0. The molecule has 4 aromatic rings. The number of anilines is 2. The summed E-state index contributed by atoms with van der Waals surface area (Å²) in [4.78, 5) is 27.9. The molecule has 0 bridgehead atoms. The maximum atomic E-state index is 13.1. The molecule has 34 heavy (non-hydrogen) atoms. The number of nitrogens with one attached hydrogen (secondary N) is 1. The Bertz CT molecular complexity index is 1440. The molecule has 7 nitrogen and oxygen atoms in total. The first kappa shape index (κ1) is 22.1. The van der Waals surface area contributed by atoms with Crippen molar-refractivity contribution >= 4 is 39.7 Å². The van der Waals surface area contributed by atoms with Crippen molar-refractivity contribution in [1.29, 1.82) is 0 Å². The number of benzene rings is 3. The second kappa shape index (κ2) is 9.29. The third-order valence-corrected chi connectivity index (χ3v) is 6.27. The standard InChI is InChI=1S/C26H23ClN4O3/c1-30-26(33)19-7-3-2-6-18(19)24(29-30)17-10-11-23(31-12-14-34-15-13-31)22(16-17)28-25(32)20-8-4-5-9-21(20)27/h2-11,16H,12-15H2,1H3,(H,28,32). The summed E-state index contributed by atoms with van der Waals surface area (Å²) in [6.07, 6.45) is 0. The Balaban J connectivity index is 1.63. The number of aryl methyl sites for hydroxylation is 1. The Morgan fingerprint density at radius 3 is 2.47 bits per heavy atom. The average Bonchev–Trinajstić information content (AvgIpc) is 2.87. The van der Waals surface area contributed by atoms with E-state index in [-0.39, 0.29) is 11.5 Å². The predicted molar refractivity (Wildman–Crippen MR) is 135 cm³/mol. The van der Waals surface area contributed by atoms with Crippen LogP contribution in [0.15, 0.2) is 71.5 Å². The molecule has 1 saturated heterocycles. The van der Waals surface area contributed by atoms with Gasteiger partial charge in [-0.15, -0.1) is 0 Å². The molecule has 1 amide bonds. The molecular weight excluding hydrogens is 452 g/mol. The highest BCUT2D eigenvalue weighted by molar-refractivity contribution is 6.34. The Hall–Kier alpha value is -3.68. The number of rotatable bonds is 4. The summed E-state index contributed by atoms with van der Waals surface area (Å²) in [6.45, 7) is 2.67. The molecule has 2 heterocycles. The van der Waals surface area contributed by atoms with Gasteiger partial charge in [0, 0.05) is 31.1 Å². The number of morpholine rings is 1. The zero-order valence-electron chi connectivity index (χ0n) is 18.6. The van der Waals surface area contributed by atoms with Crippen molar-refractivity contribution in [2.75, 3.05) is 36.5 Å². The lowest BCUT2D eigenvalue weighted by Gasteiger charge is -2.31. The van der Waals surface area contributed by atoms with Crippen LogP contribution < -0.4 is 15.8 Å². The van der Waals surface area contributed by atoms with Gasteiger partial charge < -0.3 is 15.0 Å². The molecule has 8 heteroatoms. The number of carbonyl (C=O) groups is 1. The van der Waals surface area contributed by atoms with Gasteiger partial charge in [0.1, 0.15) is 0 Å². The number of hydrogen-bond acceptors (Lipinski definition) is 5. The third-order valence-electron chi connectivity index (χ3n) is 5.94. The summed E-state index contributed by atoms with van der Waals surface area (Å²) in [5.74, 6) is -0.296. The molecule has 1 N–H and O–H groups in total. The Morgan fingerprint density at radius 1 is 1.00 bits per heavy atom. The van der Waals surface area contributed by atoms with Gasteiger partial charge in [0.25, 0.3) is 11.5 Å². The van der Waals surface area contributed by atoms with E-state index in [2.05, 4.69) is 15.3 Å². The summed E-state index contributed by atoms with van der Waals surface area (Å²) in [5, 5.41) is 9.32. The number of carbonyl (C=O) groups excluding carboxylic acids is 1. The maximum Gasteiger partial charge on any atom is 0.274 e. The largest absolute Gasteiger partial charge is 0.378 e. The quantitative estimate of drug-likeness (QED) is 0.476. The average molecular weight is 475 g/mol. The molecule has 1 aromatic heterocycles. The minimum absolute atomic E-state index is 0.156. The minimum atomic E-state index is -0.296. The number of amides is 1. The Labute approximate surface area is 201 Å². The van der Waals surface area contributed by atoms with E-state index in [1.165, 1.54) is 4.68 Å². The highest BCUT2D eigenvalue weighted by Crippen LogP contribution is 2.34. The van der Waals surface area contributed by atoms with Gasteiger partial charge in [-0.1, -0.05) is 48.0 Å². The fourth-order valence-electron chi connectivity index (χ4n) is 4.21. The molecule has 172 valence electrons. The second-order valence-corrected chi connectivity index (χ2v) is 8.50. The molecular formula is C26H23ClN4O3. The van der Waals surface area contributed by atoms with Crippen molar-refractivity contribution < 1.29 is 9.53 Å². The lowest BCUT2D eigenvalue weighted by Crippen LogP contribution is -2.36. The van der Waals surface area contributed by atoms with Crippen LogP contribution in [0, 0.1) is 0 Å². The van der Waals surface area contributed by atoms with E-state index in [0.717, 1.165) is 29.7 Å². The van der Waals surface area contributed by atoms with Crippen LogP contribution in [0.2, 0.25) is 5.02 Å². The second-order valence-electron chi connectivity index (χ2n) is 8.09. The van der Waals surface area contributed by atoms with Gasteiger partial charge in [-0.2, -0.15) is 5.10 Å². The molecule has 1 fully saturated rings. The topological polar surface area (TPSA) is 76.5 Å². The first-order chi connectivity index (χ1) is 16.5. The minimum Gasteiger partial charge on any atom is -0.378 e. The van der Waals surface area contributed by atoms with Crippen LogP contribution >= 0.6 is 11.6 Å². The van der Waals surface area contributed by atoms with E-state index in [0.29, 0.717) is 40.6 Å². The van der Waals surface area contributed by atoms with E-state index in [1.807, 2.05) is 36.4 Å². The number of aromatic nitrogens is 2. The fraction of sp³-hybridized carbons (Fsp3) is 0.192. The SMILES string of the molecule is Cn1nc(-c2ccc(N3CCOCC3)c(NC(=O)c3ccccc3Cl)c2)c2ccccc2c1=O. The zero-order chi connectivity index (χ0) is 23.7. The van der Waals surface area contributed by atoms with Crippen LogP contribution in [0.4, 0.5) is 11.4 Å². The van der Waals surface area contributed by atoms with E-state index in [4.69, 9.17) is 16.3 Å². The number of fused-ring (bicyclic) bond motifs is 1. The van der Waals surface area contributed by atoms with Crippen LogP contribution in [-0.2, 0) is 11.8 Å². The van der Waals surface area contributed by atoms with Crippen LogP contribution in [0.25, 0.3) is 22.0 Å². The maximum absolute atomic E-state index is 13.1. The van der Waals surface area contributed by atoms with Crippen molar-refractivity contribution in [3.63, 3.8) is 0 Å². The summed E-state index contributed by atoms with van der Waals surface area (Å²) >= 11 is 6.27. The summed E-state index contributed by atoms with van der Waals surface area (Å²) < 4.78 is 6.85. The molecule has 1 aliphatic rings. The fourth-order valence-corrected chi connectivity index (χ4v) is 4.43. The van der Waals surface area contributed by atoms with Gasteiger partial charge >= 0.3 is 0 Å². The van der Waals surface area contributed by atoms with Crippen molar-refractivity contribution in [3.8, 4) is 11.3 Å². The highest BCUT2D eigenvalue weighted by atomic mass is 35.5. The van der Waals surface area contributed by atoms with Crippen LogP contribution in [0.1, 0.15) is 10.4 Å². The lowest BCUT2D eigenvalue weighted by molar-refractivity contribution is 0.102. The molecule has 3 aromatic carbocycles. The van der Waals surface area contributed by atoms with Crippen LogP contribution in [-0.4, -0.2) is 42.0 Å². The van der Waals surface area contributed by atoms with Crippen LogP contribution in [0.5, 0.6) is 0 Å². The number of ether oxygens (including phenoxy) is 1. The smallest absolute Gasteiger partial charge is 0.274 e. The normalized spacial score (nSPS) is 13.8. The van der Waals surface area contributed by atoms with Gasteiger partial charge in [-0.05, 0) is 30.3 Å². The number of nitrogens with zero attached hydrogens (tertiary/aromatic N) is 3. The first-order valence-electron chi connectivity index (χ1n) is 11.0. The molecule has 0 aliphatic carbocycles. The van der Waals surface area contributed by atoms with E-state index < -0.39 is 0 Å². The first-order valence-corrected chi connectivity index (χ1v) is 11.4. The molecule has 0 unspecified atom stereocenters. The van der Waals surface area contributed by atoms with E-state index in [1.54, 1.807) is 37.4 Å². The van der Waals surface area contributed by atoms with Gasteiger partial charge in [-0.3, -0.25) is 9.59 Å². The van der Waals surface area contributed by atoms with Crippen molar-refractivity contribution in [2.24, 2.45) is 7.05 Å². The number of hydrogen-bond donors (Lipinski definition) is 1. The van der Waals surface area contributed by atoms with E-state index in [9.17, 15) is 9.59 Å². The Kier molecular flexibility index (Phi) is 6.04. The van der Waals surface area contributed by atoms with Gasteiger partial charge in [0.05, 0.1) is 46.3 Å². The summed E-state index contributed by atoms with van der Waals surface area (Å²) in [7, 11) is 1.64. The van der Waals surface area contributed by atoms with Gasteiger partial charge in [0.2, 0.25) is 0 Å². The summed E-state index contributed by atoms with van der Waals surface area (Å²) in [6, 6.07) is 20.2. The van der Waals surface area contributed by atoms with Crippen molar-refractivity contribution in [2.45, 2.75) is 0 Å². The predicted octanol–water partition coefficient (Wildman–Crippen LogP) is 4.34. The van der Waals surface area contributed by atoms with Crippen molar-refractivity contribution in [1.82, 2.24) is 9.78 Å². The van der Waals surface area contributed by atoms with E-state index >= 15 is 0 Å². The highest BCUT2D eigenvalue weighted by Gasteiger charge is 2.20. The molecule has 0 spiro atoms. The molecule has 1 aliphatic heterocycles. The molecule has 5 rings (SSSR count). The van der Waals surface area contributed by atoms with Crippen LogP contribution in [0.3, 0.4) is 0 Å².